The number of nitrogens with zero attached hydrogens (tertiary/aromatic N) is 1. The summed E-state index contributed by atoms with van der Waals surface area (Å²) in [6.07, 6.45) is 3.12. The van der Waals surface area contributed by atoms with Gasteiger partial charge in [0, 0.05) is 35.1 Å². The Kier molecular flexibility index (Phi) is 6.14. The SMILES string of the molecule is COc1ccc(C(=O)CNC(=O)CCc2cn(C(C)C)c3ccccc23)cc1. The average Bonchev–Trinajstić information content (AvgIpc) is 3.09. The van der Waals surface area contributed by atoms with Gasteiger partial charge in [-0.15, -0.1) is 0 Å². The number of rotatable bonds is 8. The molecule has 3 rings (SSSR count). The Morgan fingerprint density at radius 1 is 1.07 bits per heavy atom. The molecule has 0 radical (unpaired) electrons. The highest BCUT2D eigenvalue weighted by Crippen LogP contribution is 2.25. The summed E-state index contributed by atoms with van der Waals surface area (Å²) in [5.41, 5.74) is 2.89. The maximum Gasteiger partial charge on any atom is 0.220 e. The van der Waals surface area contributed by atoms with Gasteiger partial charge in [-0.25, -0.2) is 0 Å². The number of ketones is 1. The van der Waals surface area contributed by atoms with Crippen LogP contribution in [0.4, 0.5) is 0 Å². The van der Waals surface area contributed by atoms with E-state index in [4.69, 9.17) is 4.74 Å². The van der Waals surface area contributed by atoms with Crippen molar-refractivity contribution in [1.29, 1.82) is 0 Å². The molecule has 1 aromatic heterocycles. The van der Waals surface area contributed by atoms with E-state index in [-0.39, 0.29) is 18.2 Å². The van der Waals surface area contributed by atoms with E-state index < -0.39 is 0 Å². The van der Waals surface area contributed by atoms with E-state index in [1.165, 1.54) is 10.9 Å². The zero-order chi connectivity index (χ0) is 20.1. The van der Waals surface area contributed by atoms with E-state index in [1.54, 1.807) is 31.4 Å². The molecular formula is C23H26N2O3. The molecule has 0 spiro atoms. The lowest BCUT2D eigenvalue weighted by atomic mass is 10.1. The summed E-state index contributed by atoms with van der Waals surface area (Å²) in [6, 6.07) is 15.5. The second-order valence-corrected chi connectivity index (χ2v) is 7.10. The molecule has 0 bridgehead atoms. The zero-order valence-electron chi connectivity index (χ0n) is 16.6. The van der Waals surface area contributed by atoms with E-state index in [1.807, 2.05) is 12.1 Å². The number of ether oxygens (including phenoxy) is 1. The highest BCUT2D eigenvalue weighted by atomic mass is 16.5. The molecule has 0 fully saturated rings. The van der Waals surface area contributed by atoms with Gasteiger partial charge in [0.2, 0.25) is 5.91 Å². The van der Waals surface area contributed by atoms with Crippen molar-refractivity contribution in [2.75, 3.05) is 13.7 Å². The first kappa shape index (κ1) is 19.7. The number of para-hydroxylation sites is 1. The Balaban J connectivity index is 1.57. The average molecular weight is 378 g/mol. The minimum absolute atomic E-state index is 0.00108. The van der Waals surface area contributed by atoms with Crippen LogP contribution in [-0.2, 0) is 11.2 Å². The van der Waals surface area contributed by atoms with Crippen LogP contribution in [0.3, 0.4) is 0 Å². The molecule has 0 aliphatic rings. The van der Waals surface area contributed by atoms with Crippen molar-refractivity contribution in [3.63, 3.8) is 0 Å². The number of carbonyl (C=O) groups excluding carboxylic acids is 2. The van der Waals surface area contributed by atoms with Gasteiger partial charge in [-0.1, -0.05) is 18.2 Å². The van der Waals surface area contributed by atoms with Gasteiger partial charge in [-0.3, -0.25) is 9.59 Å². The topological polar surface area (TPSA) is 60.3 Å². The fraction of sp³-hybridized carbons (Fsp3) is 0.304. The quantitative estimate of drug-likeness (QED) is 0.599. The molecule has 1 amide bonds. The highest BCUT2D eigenvalue weighted by molar-refractivity contribution is 5.99. The second kappa shape index (κ2) is 8.74. The number of amides is 1. The van der Waals surface area contributed by atoms with Crippen LogP contribution in [0, 0.1) is 0 Å². The fourth-order valence-electron chi connectivity index (χ4n) is 3.30. The smallest absolute Gasteiger partial charge is 0.220 e. The van der Waals surface area contributed by atoms with E-state index >= 15 is 0 Å². The van der Waals surface area contributed by atoms with Gasteiger partial charge in [-0.05, 0) is 56.2 Å². The van der Waals surface area contributed by atoms with Gasteiger partial charge in [0.05, 0.1) is 13.7 Å². The minimum Gasteiger partial charge on any atom is -0.497 e. The van der Waals surface area contributed by atoms with Crippen molar-refractivity contribution >= 4 is 22.6 Å². The lowest BCUT2D eigenvalue weighted by Gasteiger charge is -2.08. The van der Waals surface area contributed by atoms with Crippen LogP contribution < -0.4 is 10.1 Å². The monoisotopic (exact) mass is 378 g/mol. The van der Waals surface area contributed by atoms with Gasteiger partial charge in [0.25, 0.3) is 0 Å². The van der Waals surface area contributed by atoms with Crippen LogP contribution in [-0.4, -0.2) is 29.9 Å². The zero-order valence-corrected chi connectivity index (χ0v) is 16.6. The van der Waals surface area contributed by atoms with Gasteiger partial charge < -0.3 is 14.6 Å². The number of benzene rings is 2. The number of methoxy groups -OCH3 is 1. The molecule has 3 aromatic rings. The largest absolute Gasteiger partial charge is 0.497 e. The van der Waals surface area contributed by atoms with Crippen LogP contribution in [0.15, 0.2) is 54.7 Å². The lowest BCUT2D eigenvalue weighted by Crippen LogP contribution is -2.29. The summed E-state index contributed by atoms with van der Waals surface area (Å²) in [6.45, 7) is 4.29. The van der Waals surface area contributed by atoms with Crippen molar-refractivity contribution in [1.82, 2.24) is 9.88 Å². The van der Waals surface area contributed by atoms with Crippen molar-refractivity contribution in [2.45, 2.75) is 32.7 Å². The van der Waals surface area contributed by atoms with Gasteiger partial charge in [0.1, 0.15) is 5.75 Å². The third-order valence-corrected chi connectivity index (χ3v) is 4.86. The third-order valence-electron chi connectivity index (χ3n) is 4.86. The van der Waals surface area contributed by atoms with Crippen LogP contribution in [0.1, 0.15) is 42.2 Å². The Morgan fingerprint density at radius 2 is 1.79 bits per heavy atom. The van der Waals surface area contributed by atoms with Crippen molar-refractivity contribution in [3.8, 4) is 5.75 Å². The third kappa shape index (κ3) is 4.42. The molecule has 0 aliphatic carbocycles. The normalized spacial score (nSPS) is 11.0. The number of fused-ring (bicyclic) bond motifs is 1. The number of nitrogens with one attached hydrogen (secondary N) is 1. The molecule has 5 nitrogen and oxygen atoms in total. The Labute approximate surface area is 165 Å². The van der Waals surface area contributed by atoms with Crippen molar-refractivity contribution in [2.24, 2.45) is 0 Å². The highest BCUT2D eigenvalue weighted by Gasteiger charge is 2.13. The number of hydrogen-bond donors (Lipinski definition) is 1. The van der Waals surface area contributed by atoms with Crippen LogP contribution in [0.2, 0.25) is 0 Å². The molecule has 146 valence electrons. The molecule has 28 heavy (non-hydrogen) atoms. The first-order valence-corrected chi connectivity index (χ1v) is 9.52. The number of aryl methyl sites for hydroxylation is 1. The summed E-state index contributed by atoms with van der Waals surface area (Å²) in [5.74, 6) is 0.455. The molecule has 0 saturated heterocycles. The van der Waals surface area contributed by atoms with Crippen LogP contribution in [0.25, 0.3) is 10.9 Å². The molecule has 1 N–H and O–H groups in total. The van der Waals surface area contributed by atoms with E-state index in [0.717, 1.165) is 5.56 Å². The summed E-state index contributed by atoms with van der Waals surface area (Å²) in [7, 11) is 1.58. The molecule has 0 saturated carbocycles. The first-order chi connectivity index (χ1) is 13.5. The fourth-order valence-corrected chi connectivity index (χ4v) is 3.30. The predicted octanol–water partition coefficient (Wildman–Crippen LogP) is 4.16. The second-order valence-electron chi connectivity index (χ2n) is 7.10. The number of Topliss-reactive ketones (excluding diaryl/α,β-unsaturated/α-hetero) is 1. The van der Waals surface area contributed by atoms with E-state index in [9.17, 15) is 9.59 Å². The molecule has 0 atom stereocenters. The lowest BCUT2D eigenvalue weighted by molar-refractivity contribution is -0.120. The van der Waals surface area contributed by atoms with Gasteiger partial charge >= 0.3 is 0 Å². The van der Waals surface area contributed by atoms with Crippen LogP contribution in [0.5, 0.6) is 5.75 Å². The van der Waals surface area contributed by atoms with Crippen LogP contribution >= 0.6 is 0 Å². The maximum absolute atomic E-state index is 12.2. The predicted molar refractivity (Wildman–Crippen MR) is 111 cm³/mol. The first-order valence-electron chi connectivity index (χ1n) is 9.52. The number of carbonyl (C=O) groups is 2. The van der Waals surface area contributed by atoms with Gasteiger partial charge in [-0.2, -0.15) is 0 Å². The minimum atomic E-state index is -0.122. The van der Waals surface area contributed by atoms with Crippen molar-refractivity contribution < 1.29 is 14.3 Å². The maximum atomic E-state index is 12.2. The molecule has 5 heteroatoms. The molecular weight excluding hydrogens is 352 g/mol. The standard InChI is InChI=1S/C23H26N2O3/c1-16(2)25-15-18(20-6-4-5-7-21(20)25)10-13-23(27)24-14-22(26)17-8-11-19(28-3)12-9-17/h4-9,11-12,15-16H,10,13-14H2,1-3H3,(H,24,27). The molecule has 0 aliphatic heterocycles. The molecule has 2 aromatic carbocycles. The summed E-state index contributed by atoms with van der Waals surface area (Å²) < 4.78 is 7.32. The van der Waals surface area contributed by atoms with E-state index in [2.05, 4.69) is 42.1 Å². The Bertz CT molecular complexity index is 971. The van der Waals surface area contributed by atoms with Gasteiger partial charge in [0.15, 0.2) is 5.78 Å². The number of aromatic nitrogens is 1. The number of hydrogen-bond acceptors (Lipinski definition) is 3. The van der Waals surface area contributed by atoms with Crippen molar-refractivity contribution in [3.05, 3.63) is 65.9 Å². The Hall–Kier alpha value is -3.08. The summed E-state index contributed by atoms with van der Waals surface area (Å²) >= 11 is 0. The molecule has 1 heterocycles. The van der Waals surface area contributed by atoms with E-state index in [0.29, 0.717) is 30.2 Å². The summed E-state index contributed by atoms with van der Waals surface area (Å²) in [5, 5.41) is 3.91. The molecule has 0 unspecified atom stereocenters. The Morgan fingerprint density at radius 3 is 2.46 bits per heavy atom. The summed E-state index contributed by atoms with van der Waals surface area (Å²) in [4.78, 5) is 24.5.